The summed E-state index contributed by atoms with van der Waals surface area (Å²) in [7, 11) is -3.76. The molecular formula is C13H20N2O4S2. The fourth-order valence-corrected chi connectivity index (χ4v) is 4.50. The molecule has 1 N–H and O–H groups in total. The maximum absolute atomic E-state index is 12.2. The minimum atomic E-state index is -3.76. The second-order valence-corrected chi connectivity index (χ2v) is 8.42. The number of carboxylic acid groups (broad SMARTS) is 1. The summed E-state index contributed by atoms with van der Waals surface area (Å²) < 4.78 is 25.8. The molecule has 21 heavy (non-hydrogen) atoms. The van der Waals surface area contributed by atoms with Gasteiger partial charge >= 0.3 is 5.97 Å². The lowest BCUT2D eigenvalue weighted by molar-refractivity contribution is -0.136. The number of carbonyl (C=O) groups is 1. The molecule has 1 atom stereocenters. The van der Waals surface area contributed by atoms with Gasteiger partial charge in [-0.1, -0.05) is 6.07 Å². The van der Waals surface area contributed by atoms with Crippen molar-refractivity contribution in [1.82, 2.24) is 9.21 Å². The number of aliphatic carboxylic acids is 1. The molecule has 118 valence electrons. The van der Waals surface area contributed by atoms with E-state index in [2.05, 4.69) is 11.0 Å². The Morgan fingerprint density at radius 2 is 2.14 bits per heavy atom. The molecule has 0 aliphatic carbocycles. The third-order valence-corrected chi connectivity index (χ3v) is 6.70. The lowest BCUT2D eigenvalue weighted by atomic mass is 10.3. The Morgan fingerprint density at radius 3 is 2.76 bits per heavy atom. The van der Waals surface area contributed by atoms with E-state index in [0.717, 1.165) is 19.5 Å². The summed E-state index contributed by atoms with van der Waals surface area (Å²) in [5, 5.41) is 9.57. The predicted octanol–water partition coefficient (Wildman–Crippen LogP) is 1.06. The third-order valence-electron chi connectivity index (χ3n) is 3.66. The molecule has 0 amide bonds. The van der Waals surface area contributed by atoms with Crippen molar-refractivity contribution in [3.8, 4) is 0 Å². The molecule has 8 heteroatoms. The lowest BCUT2D eigenvalue weighted by Crippen LogP contribution is -2.42. The first-order valence-electron chi connectivity index (χ1n) is 6.88. The topological polar surface area (TPSA) is 77.9 Å². The van der Waals surface area contributed by atoms with Gasteiger partial charge in [0.25, 0.3) is 0 Å². The number of nitrogens with zero attached hydrogens (tertiary/aromatic N) is 2. The van der Waals surface area contributed by atoms with E-state index < -0.39 is 21.2 Å². The molecule has 1 aromatic rings. The third kappa shape index (κ3) is 4.03. The van der Waals surface area contributed by atoms with Gasteiger partial charge in [0.1, 0.15) is 0 Å². The van der Waals surface area contributed by atoms with Crippen LogP contribution in [0.5, 0.6) is 0 Å². The zero-order valence-electron chi connectivity index (χ0n) is 11.9. The zero-order valence-corrected chi connectivity index (χ0v) is 13.6. The van der Waals surface area contributed by atoms with E-state index in [1.165, 1.54) is 16.1 Å². The fourth-order valence-electron chi connectivity index (χ4n) is 2.33. The molecule has 0 saturated carbocycles. The minimum Gasteiger partial charge on any atom is -0.480 e. The van der Waals surface area contributed by atoms with Crippen molar-refractivity contribution >= 4 is 27.3 Å². The Labute approximate surface area is 129 Å². The van der Waals surface area contributed by atoms with E-state index in [1.54, 1.807) is 11.3 Å². The molecule has 0 aromatic carbocycles. The van der Waals surface area contributed by atoms with Gasteiger partial charge in [0.05, 0.1) is 0 Å². The van der Waals surface area contributed by atoms with Crippen molar-refractivity contribution in [2.75, 3.05) is 26.2 Å². The summed E-state index contributed by atoms with van der Waals surface area (Å²) in [6, 6.07) is 4.07. The molecule has 2 heterocycles. The molecule has 1 aliphatic heterocycles. The molecule has 1 fully saturated rings. The van der Waals surface area contributed by atoms with Crippen LogP contribution in [0.2, 0.25) is 0 Å². The number of sulfonamides is 1. The Morgan fingerprint density at radius 1 is 1.38 bits per heavy atom. The van der Waals surface area contributed by atoms with Crippen molar-refractivity contribution in [3.05, 3.63) is 22.4 Å². The van der Waals surface area contributed by atoms with Crippen LogP contribution in [0.25, 0.3) is 0 Å². The van der Waals surface area contributed by atoms with Gasteiger partial charge in [0.2, 0.25) is 10.0 Å². The Hall–Kier alpha value is -0.960. The largest absolute Gasteiger partial charge is 0.480 e. The number of hydrogen-bond acceptors (Lipinski definition) is 5. The second kappa shape index (κ2) is 6.87. The van der Waals surface area contributed by atoms with Gasteiger partial charge < -0.3 is 5.11 Å². The molecule has 1 saturated heterocycles. The second-order valence-electron chi connectivity index (χ2n) is 5.13. The summed E-state index contributed by atoms with van der Waals surface area (Å²) in [6.45, 7) is 4.24. The van der Waals surface area contributed by atoms with Gasteiger partial charge in [0.15, 0.2) is 5.25 Å². The van der Waals surface area contributed by atoms with Crippen LogP contribution < -0.4 is 0 Å². The highest BCUT2D eigenvalue weighted by molar-refractivity contribution is 7.90. The van der Waals surface area contributed by atoms with Gasteiger partial charge in [-0.25, -0.2) is 8.42 Å². The fraction of sp³-hybridized carbons (Fsp3) is 0.615. The van der Waals surface area contributed by atoms with E-state index in [0.29, 0.717) is 19.6 Å². The monoisotopic (exact) mass is 332 g/mol. The normalized spacial score (nSPS) is 20.0. The molecule has 1 aromatic heterocycles. The smallest absolute Gasteiger partial charge is 0.323 e. The van der Waals surface area contributed by atoms with Crippen LogP contribution in [0.4, 0.5) is 0 Å². The van der Waals surface area contributed by atoms with Crippen LogP contribution in [0.15, 0.2) is 17.5 Å². The van der Waals surface area contributed by atoms with E-state index in [-0.39, 0.29) is 0 Å². The van der Waals surface area contributed by atoms with E-state index in [4.69, 9.17) is 5.11 Å². The molecule has 0 bridgehead atoms. The van der Waals surface area contributed by atoms with Gasteiger partial charge in [-0.05, 0) is 31.3 Å². The van der Waals surface area contributed by atoms with Crippen molar-refractivity contribution in [2.45, 2.75) is 25.1 Å². The van der Waals surface area contributed by atoms with Crippen molar-refractivity contribution < 1.29 is 18.3 Å². The van der Waals surface area contributed by atoms with Crippen LogP contribution in [0.3, 0.4) is 0 Å². The highest BCUT2D eigenvalue weighted by atomic mass is 32.2. The Balaban J connectivity index is 1.99. The van der Waals surface area contributed by atoms with Gasteiger partial charge in [0, 0.05) is 31.1 Å². The SMILES string of the molecule is CC(C(=O)O)S(=O)(=O)N1CCCN(Cc2cccs2)CC1. The molecule has 1 unspecified atom stereocenters. The van der Waals surface area contributed by atoms with Crippen LogP contribution in [0.1, 0.15) is 18.2 Å². The van der Waals surface area contributed by atoms with Crippen molar-refractivity contribution in [1.29, 1.82) is 0 Å². The first-order valence-corrected chi connectivity index (χ1v) is 9.26. The average molecular weight is 332 g/mol. The Kier molecular flexibility index (Phi) is 5.37. The molecule has 0 radical (unpaired) electrons. The standard InChI is InChI=1S/C13H20N2O4S2/c1-11(13(16)17)21(18,19)15-6-3-5-14(7-8-15)10-12-4-2-9-20-12/h2,4,9,11H,3,5-8,10H2,1H3,(H,16,17). The van der Waals surface area contributed by atoms with Crippen molar-refractivity contribution in [2.24, 2.45) is 0 Å². The average Bonchev–Trinajstić information content (AvgIpc) is 2.81. The van der Waals surface area contributed by atoms with Crippen LogP contribution in [0, 0.1) is 0 Å². The summed E-state index contributed by atoms with van der Waals surface area (Å²) in [5.74, 6) is -1.30. The van der Waals surface area contributed by atoms with E-state index in [1.807, 2.05) is 11.4 Å². The Bertz CT molecular complexity index is 571. The van der Waals surface area contributed by atoms with E-state index in [9.17, 15) is 13.2 Å². The van der Waals surface area contributed by atoms with Crippen LogP contribution >= 0.6 is 11.3 Å². The van der Waals surface area contributed by atoms with Gasteiger partial charge in [-0.15, -0.1) is 11.3 Å². The van der Waals surface area contributed by atoms with Gasteiger partial charge in [-0.2, -0.15) is 4.31 Å². The van der Waals surface area contributed by atoms with Crippen LogP contribution in [-0.2, 0) is 21.4 Å². The summed E-state index contributed by atoms with van der Waals surface area (Å²) in [4.78, 5) is 14.4. The maximum atomic E-state index is 12.2. The number of rotatable bonds is 5. The predicted molar refractivity (Wildman–Crippen MR) is 81.8 cm³/mol. The number of thiophene rings is 1. The summed E-state index contributed by atoms with van der Waals surface area (Å²) in [6.07, 6.45) is 0.719. The molecule has 1 aliphatic rings. The molecular weight excluding hydrogens is 312 g/mol. The summed E-state index contributed by atoms with van der Waals surface area (Å²) in [5.41, 5.74) is 0. The maximum Gasteiger partial charge on any atom is 0.323 e. The first kappa shape index (κ1) is 16.4. The minimum absolute atomic E-state index is 0.353. The highest BCUT2D eigenvalue weighted by Gasteiger charge is 2.34. The zero-order chi connectivity index (χ0) is 15.5. The molecule has 6 nitrogen and oxygen atoms in total. The lowest BCUT2D eigenvalue weighted by Gasteiger charge is -2.23. The first-order chi connectivity index (χ1) is 9.91. The molecule has 2 rings (SSSR count). The van der Waals surface area contributed by atoms with Crippen molar-refractivity contribution in [3.63, 3.8) is 0 Å². The van der Waals surface area contributed by atoms with Gasteiger partial charge in [-0.3, -0.25) is 9.69 Å². The quantitative estimate of drug-likeness (QED) is 0.872. The van der Waals surface area contributed by atoms with E-state index >= 15 is 0 Å². The molecule has 0 spiro atoms. The highest BCUT2D eigenvalue weighted by Crippen LogP contribution is 2.16. The van der Waals surface area contributed by atoms with Crippen LogP contribution in [-0.4, -0.2) is 60.1 Å². The number of hydrogen-bond donors (Lipinski definition) is 1. The summed E-state index contributed by atoms with van der Waals surface area (Å²) >= 11 is 1.69. The number of carboxylic acids is 1.